The fraction of sp³-hybridized carbons (Fsp3) is 0.385. The molecule has 1 fully saturated rings. The Labute approximate surface area is 99.8 Å². The highest BCUT2D eigenvalue weighted by atomic mass is 16.1. The molecule has 1 atom stereocenters. The second-order valence-corrected chi connectivity index (χ2v) is 5.25. The third-order valence-electron chi connectivity index (χ3n) is 3.42. The number of anilines is 2. The third-order valence-corrected chi connectivity index (χ3v) is 3.42. The summed E-state index contributed by atoms with van der Waals surface area (Å²) < 4.78 is 0. The molecular formula is C13H13N3O. The number of benzene rings is 1. The van der Waals surface area contributed by atoms with Gasteiger partial charge in [0.05, 0.1) is 18.2 Å². The van der Waals surface area contributed by atoms with Gasteiger partial charge in [-0.2, -0.15) is 5.26 Å². The molecule has 0 aromatic heterocycles. The molecule has 1 aromatic carbocycles. The first-order valence-corrected chi connectivity index (χ1v) is 5.60. The lowest BCUT2D eigenvalue weighted by Crippen LogP contribution is -2.33. The van der Waals surface area contributed by atoms with Crippen molar-refractivity contribution in [1.82, 2.24) is 0 Å². The summed E-state index contributed by atoms with van der Waals surface area (Å²) in [6.45, 7) is 4.45. The molecular weight excluding hydrogens is 214 g/mol. The Hall–Kier alpha value is -2.02. The normalized spacial score (nSPS) is 23.9. The van der Waals surface area contributed by atoms with Crippen LogP contribution >= 0.6 is 0 Å². The van der Waals surface area contributed by atoms with E-state index in [0.29, 0.717) is 0 Å². The van der Waals surface area contributed by atoms with Crippen molar-refractivity contribution in [1.29, 1.82) is 5.26 Å². The molecule has 0 amide bonds. The number of fused-ring (bicyclic) bond motifs is 4. The van der Waals surface area contributed by atoms with E-state index in [1.165, 1.54) is 0 Å². The average Bonchev–Trinajstić information content (AvgIpc) is 2.96. The Morgan fingerprint density at radius 1 is 1.59 bits per heavy atom. The quantitative estimate of drug-likeness (QED) is 0.630. The molecule has 86 valence electrons. The van der Waals surface area contributed by atoms with Gasteiger partial charge < -0.3 is 15.0 Å². The Bertz CT molecular complexity index is 558. The van der Waals surface area contributed by atoms with Gasteiger partial charge in [-0.05, 0) is 32.0 Å². The zero-order valence-corrected chi connectivity index (χ0v) is 9.82. The van der Waals surface area contributed by atoms with Gasteiger partial charge in [0.25, 0.3) is 0 Å². The number of nitrogens with zero attached hydrogens (tertiary/aromatic N) is 2. The number of carbonyl (C=O) groups is 1. The summed E-state index contributed by atoms with van der Waals surface area (Å²) in [4.78, 5) is 12.9. The van der Waals surface area contributed by atoms with Crippen LogP contribution in [-0.2, 0) is 10.3 Å². The molecule has 0 radical (unpaired) electrons. The van der Waals surface area contributed by atoms with Crippen molar-refractivity contribution < 1.29 is 4.79 Å². The molecule has 2 aliphatic heterocycles. The first kappa shape index (κ1) is 10.2. The van der Waals surface area contributed by atoms with Crippen LogP contribution in [0.4, 0.5) is 11.4 Å². The molecule has 0 bridgehead atoms. The van der Waals surface area contributed by atoms with Crippen LogP contribution in [0.25, 0.3) is 0 Å². The van der Waals surface area contributed by atoms with Gasteiger partial charge in [0, 0.05) is 16.9 Å². The molecule has 2 heterocycles. The van der Waals surface area contributed by atoms with E-state index in [1.807, 2.05) is 32.0 Å². The SMILES string of the molecule is CC(C)(C=O)Nc1ccc2c(c1)C1(C#N)CN21. The van der Waals surface area contributed by atoms with Crippen molar-refractivity contribution in [2.75, 3.05) is 16.8 Å². The van der Waals surface area contributed by atoms with Crippen molar-refractivity contribution >= 4 is 17.7 Å². The highest BCUT2D eigenvalue weighted by Crippen LogP contribution is 2.59. The lowest BCUT2D eigenvalue weighted by Gasteiger charge is -2.28. The summed E-state index contributed by atoms with van der Waals surface area (Å²) in [5, 5.41) is 12.3. The summed E-state index contributed by atoms with van der Waals surface area (Å²) in [6.07, 6.45) is 0.885. The van der Waals surface area contributed by atoms with Gasteiger partial charge in [0.1, 0.15) is 6.29 Å². The maximum Gasteiger partial charge on any atom is 0.173 e. The van der Waals surface area contributed by atoms with Crippen molar-refractivity contribution in [3.8, 4) is 6.07 Å². The van der Waals surface area contributed by atoms with Gasteiger partial charge in [0.2, 0.25) is 0 Å². The van der Waals surface area contributed by atoms with Crippen molar-refractivity contribution in [2.24, 2.45) is 0 Å². The van der Waals surface area contributed by atoms with E-state index in [0.717, 1.165) is 29.8 Å². The Balaban J connectivity index is 1.92. The molecule has 2 aliphatic rings. The molecule has 1 saturated heterocycles. The van der Waals surface area contributed by atoms with E-state index in [2.05, 4.69) is 16.3 Å². The van der Waals surface area contributed by atoms with Gasteiger partial charge in [-0.1, -0.05) is 0 Å². The van der Waals surface area contributed by atoms with Gasteiger partial charge in [0.15, 0.2) is 5.54 Å². The van der Waals surface area contributed by atoms with E-state index in [4.69, 9.17) is 5.26 Å². The smallest absolute Gasteiger partial charge is 0.173 e. The fourth-order valence-electron chi connectivity index (χ4n) is 2.40. The number of nitrogens with one attached hydrogen (secondary N) is 1. The highest BCUT2D eigenvalue weighted by Gasteiger charge is 2.64. The second kappa shape index (κ2) is 2.80. The van der Waals surface area contributed by atoms with E-state index < -0.39 is 5.54 Å². The second-order valence-electron chi connectivity index (χ2n) is 5.25. The maximum absolute atomic E-state index is 10.9. The van der Waals surface area contributed by atoms with Crippen LogP contribution in [0.5, 0.6) is 0 Å². The molecule has 1 aromatic rings. The van der Waals surface area contributed by atoms with Gasteiger partial charge >= 0.3 is 0 Å². The average molecular weight is 227 g/mol. The topological polar surface area (TPSA) is 55.9 Å². The lowest BCUT2D eigenvalue weighted by molar-refractivity contribution is -0.110. The number of nitriles is 1. The number of hydrogen-bond acceptors (Lipinski definition) is 4. The minimum atomic E-state index is -0.582. The zero-order valence-electron chi connectivity index (χ0n) is 9.82. The van der Waals surface area contributed by atoms with E-state index in [1.54, 1.807) is 0 Å². The molecule has 3 rings (SSSR count). The minimum absolute atomic E-state index is 0.363. The summed E-state index contributed by atoms with van der Waals surface area (Å²) in [6, 6.07) is 8.27. The van der Waals surface area contributed by atoms with Crippen LogP contribution < -0.4 is 10.2 Å². The molecule has 1 unspecified atom stereocenters. The van der Waals surface area contributed by atoms with Crippen molar-refractivity contribution in [3.05, 3.63) is 23.8 Å². The van der Waals surface area contributed by atoms with Gasteiger partial charge in [-0.3, -0.25) is 0 Å². The molecule has 4 nitrogen and oxygen atoms in total. The number of carbonyl (C=O) groups excluding carboxylic acids is 1. The van der Waals surface area contributed by atoms with Crippen molar-refractivity contribution in [3.63, 3.8) is 0 Å². The number of aldehydes is 1. The summed E-state index contributed by atoms with van der Waals surface area (Å²) in [5.74, 6) is 0. The standard InChI is InChI=1S/C13H13N3O/c1-12(2,8-17)15-9-3-4-11-10(5-9)13(6-14)7-16(11)13/h3-5,8,15H,7H2,1-2H3. The molecule has 17 heavy (non-hydrogen) atoms. The van der Waals surface area contributed by atoms with Crippen LogP contribution in [-0.4, -0.2) is 18.4 Å². The summed E-state index contributed by atoms with van der Waals surface area (Å²) in [5.41, 5.74) is 2.16. The molecule has 0 aliphatic carbocycles. The summed E-state index contributed by atoms with van der Waals surface area (Å²) in [7, 11) is 0. The molecule has 1 N–H and O–H groups in total. The first-order valence-electron chi connectivity index (χ1n) is 5.60. The van der Waals surface area contributed by atoms with E-state index in [9.17, 15) is 4.79 Å². The monoisotopic (exact) mass is 227 g/mol. The molecule has 0 saturated carbocycles. The molecule has 0 spiro atoms. The predicted octanol–water partition coefficient (Wildman–Crippen LogP) is 1.63. The Kier molecular flexibility index (Phi) is 1.68. The van der Waals surface area contributed by atoms with E-state index in [-0.39, 0.29) is 5.54 Å². The highest BCUT2D eigenvalue weighted by molar-refractivity contribution is 5.84. The first-order chi connectivity index (χ1) is 8.02. The largest absolute Gasteiger partial charge is 0.373 e. The summed E-state index contributed by atoms with van der Waals surface area (Å²) >= 11 is 0. The predicted molar refractivity (Wildman–Crippen MR) is 64.8 cm³/mol. The fourth-order valence-corrected chi connectivity index (χ4v) is 2.40. The third kappa shape index (κ3) is 1.19. The van der Waals surface area contributed by atoms with Gasteiger partial charge in [-0.15, -0.1) is 0 Å². The van der Waals surface area contributed by atoms with Crippen LogP contribution in [0, 0.1) is 11.3 Å². The van der Waals surface area contributed by atoms with Crippen LogP contribution in [0.1, 0.15) is 19.4 Å². The molecule has 4 heteroatoms. The number of rotatable bonds is 3. The van der Waals surface area contributed by atoms with E-state index >= 15 is 0 Å². The zero-order chi connectivity index (χ0) is 12.3. The van der Waals surface area contributed by atoms with Crippen LogP contribution in [0.2, 0.25) is 0 Å². The van der Waals surface area contributed by atoms with Crippen LogP contribution in [0.15, 0.2) is 18.2 Å². The minimum Gasteiger partial charge on any atom is -0.373 e. The van der Waals surface area contributed by atoms with Gasteiger partial charge in [-0.25, -0.2) is 0 Å². The van der Waals surface area contributed by atoms with Crippen LogP contribution in [0.3, 0.4) is 0 Å². The van der Waals surface area contributed by atoms with Crippen molar-refractivity contribution in [2.45, 2.75) is 24.9 Å². The maximum atomic E-state index is 10.9. The lowest BCUT2D eigenvalue weighted by atomic mass is 9.92. The number of hydrogen-bond donors (Lipinski definition) is 1. The Morgan fingerprint density at radius 2 is 2.35 bits per heavy atom. The Morgan fingerprint density at radius 3 is 3.00 bits per heavy atom.